The first-order chi connectivity index (χ1) is 18.4. The minimum atomic E-state index is -0.950. The van der Waals surface area contributed by atoms with E-state index in [9.17, 15) is 9.18 Å². The van der Waals surface area contributed by atoms with Crippen molar-refractivity contribution in [1.29, 1.82) is 0 Å². The van der Waals surface area contributed by atoms with E-state index in [0.29, 0.717) is 62.2 Å². The number of carbonyl (C=O) groups is 1. The van der Waals surface area contributed by atoms with Crippen molar-refractivity contribution in [2.24, 2.45) is 5.73 Å². The second kappa shape index (κ2) is 9.38. The molecule has 1 atom stereocenters. The average Bonchev–Trinajstić information content (AvgIpc) is 3.34. The van der Waals surface area contributed by atoms with Gasteiger partial charge >= 0.3 is 6.09 Å². The summed E-state index contributed by atoms with van der Waals surface area (Å²) >= 11 is 1.37. The topological polar surface area (TPSA) is 132 Å². The summed E-state index contributed by atoms with van der Waals surface area (Å²) in [5, 5.41) is 1.22. The second-order valence-electron chi connectivity index (χ2n) is 8.56. The van der Waals surface area contributed by atoms with Crippen LogP contribution in [0.2, 0.25) is 0 Å². The summed E-state index contributed by atoms with van der Waals surface area (Å²) in [7, 11) is 1.54. The lowest BCUT2D eigenvalue weighted by molar-refractivity contribution is 0.0918. The molecule has 1 aliphatic heterocycles. The zero-order valence-corrected chi connectivity index (χ0v) is 21.0. The number of thiazole rings is 1. The number of aryl methyl sites for hydroxylation is 1. The van der Waals surface area contributed by atoms with E-state index >= 15 is 0 Å². The van der Waals surface area contributed by atoms with Crippen molar-refractivity contribution in [1.82, 2.24) is 19.9 Å². The Labute approximate surface area is 219 Å². The molecule has 4 heterocycles. The second-order valence-corrected chi connectivity index (χ2v) is 9.56. The van der Waals surface area contributed by atoms with Gasteiger partial charge in [-0.15, -0.1) is 11.3 Å². The maximum Gasteiger partial charge on any atom is 0.410 e. The number of aromatic nitrogens is 4. The van der Waals surface area contributed by atoms with E-state index in [1.54, 1.807) is 25.3 Å². The summed E-state index contributed by atoms with van der Waals surface area (Å²) in [5.41, 5.74) is 7.54. The number of primary amides is 1. The van der Waals surface area contributed by atoms with Crippen LogP contribution in [-0.4, -0.2) is 45.8 Å². The molecule has 1 amide bonds. The first kappa shape index (κ1) is 23.8. The molecule has 0 unspecified atom stereocenters. The number of methoxy groups -OCH3 is 1. The number of fused-ring (bicyclic) bond motifs is 4. The maximum atomic E-state index is 14.5. The van der Waals surface area contributed by atoms with Gasteiger partial charge in [-0.3, -0.25) is 4.98 Å². The van der Waals surface area contributed by atoms with E-state index in [4.69, 9.17) is 29.7 Å². The number of rotatable bonds is 5. The van der Waals surface area contributed by atoms with Gasteiger partial charge in [-0.1, -0.05) is 0 Å². The number of amides is 1. The van der Waals surface area contributed by atoms with Gasteiger partial charge < -0.3 is 24.7 Å². The molecule has 2 aromatic carbocycles. The Bertz CT molecular complexity index is 1730. The van der Waals surface area contributed by atoms with Crippen LogP contribution in [0.4, 0.5) is 9.18 Å². The zero-order valence-electron chi connectivity index (χ0n) is 20.2. The highest BCUT2D eigenvalue weighted by molar-refractivity contribution is 7.22. The quantitative estimate of drug-likeness (QED) is 0.344. The third-order valence-electron chi connectivity index (χ3n) is 5.95. The van der Waals surface area contributed by atoms with Crippen LogP contribution in [0.1, 0.15) is 11.5 Å². The van der Waals surface area contributed by atoms with E-state index < -0.39 is 18.0 Å². The number of halogens is 1. The molecular weight excluding hydrogens is 513 g/mol. The molecule has 12 heteroatoms. The Morgan fingerprint density at radius 1 is 1.21 bits per heavy atom. The predicted molar refractivity (Wildman–Crippen MR) is 137 cm³/mol. The number of hydrogen-bond donors (Lipinski definition) is 1. The smallest absolute Gasteiger partial charge is 0.410 e. The van der Waals surface area contributed by atoms with Crippen molar-refractivity contribution in [3.8, 4) is 33.6 Å². The van der Waals surface area contributed by atoms with Crippen LogP contribution < -0.4 is 24.7 Å². The van der Waals surface area contributed by atoms with Gasteiger partial charge in [0.25, 0.3) is 0 Å². The highest BCUT2D eigenvalue weighted by atomic mass is 32.1. The fourth-order valence-corrected chi connectivity index (χ4v) is 5.39. The summed E-state index contributed by atoms with van der Waals surface area (Å²) < 4.78 is 37.9. The highest BCUT2D eigenvalue weighted by Crippen LogP contribution is 2.45. The Kier molecular flexibility index (Phi) is 5.87. The lowest BCUT2D eigenvalue weighted by Gasteiger charge is -2.26. The number of ether oxygens (including phenoxy) is 4. The van der Waals surface area contributed by atoms with Crippen molar-refractivity contribution in [3.63, 3.8) is 0 Å². The minimum Gasteiger partial charge on any atom is -0.495 e. The molecular formula is C26H20FN5O5S. The van der Waals surface area contributed by atoms with E-state index in [-0.39, 0.29) is 12.4 Å². The average molecular weight is 534 g/mol. The van der Waals surface area contributed by atoms with Gasteiger partial charge in [-0.25, -0.2) is 24.1 Å². The molecule has 38 heavy (non-hydrogen) atoms. The molecule has 0 fully saturated rings. The van der Waals surface area contributed by atoms with E-state index in [2.05, 4.69) is 15.0 Å². The Hall–Kier alpha value is -4.58. The molecule has 0 bridgehead atoms. The first-order valence-electron chi connectivity index (χ1n) is 11.5. The summed E-state index contributed by atoms with van der Waals surface area (Å²) in [6.07, 6.45) is 1.96. The van der Waals surface area contributed by atoms with Crippen LogP contribution >= 0.6 is 11.3 Å². The van der Waals surface area contributed by atoms with Crippen LogP contribution in [0.15, 0.2) is 42.7 Å². The number of nitrogens with two attached hydrogens (primary N) is 1. The standard InChI is InChI=1S/C26H20FN5O5S/c1-12-29-10-21(37-26(28)33)19(31-12)8-16-11-35-23-20(36-16)4-3-18-24(23)38-25(32-18)17-7-14(27)5-13-6-15(34-2)9-30-22(13)17/h3-7,9-10,16H,8,11H2,1-2H3,(H2,28,33)/t16-/m1/s1. The third-order valence-corrected chi connectivity index (χ3v) is 7.06. The monoisotopic (exact) mass is 533 g/mol. The van der Waals surface area contributed by atoms with Crippen LogP contribution in [0.25, 0.3) is 31.7 Å². The summed E-state index contributed by atoms with van der Waals surface area (Å²) in [4.78, 5) is 28.9. The number of nitrogens with zero attached hydrogens (tertiary/aromatic N) is 4. The summed E-state index contributed by atoms with van der Waals surface area (Å²) in [5.74, 6) is 1.94. The molecule has 0 saturated heterocycles. The first-order valence-corrected chi connectivity index (χ1v) is 12.4. The highest BCUT2D eigenvalue weighted by Gasteiger charge is 2.27. The van der Waals surface area contributed by atoms with Crippen LogP contribution in [0, 0.1) is 12.7 Å². The molecule has 0 aliphatic carbocycles. The zero-order chi connectivity index (χ0) is 26.4. The van der Waals surface area contributed by atoms with Crippen molar-refractivity contribution in [2.75, 3.05) is 13.7 Å². The SMILES string of the molecule is COc1cnc2c(-c3nc4ccc5c(c4s3)OC[C@@H](Cc3nc(C)ncc3OC(N)=O)O5)cc(F)cc2c1. The van der Waals surface area contributed by atoms with Gasteiger partial charge in [0.1, 0.15) is 39.8 Å². The molecule has 10 nitrogen and oxygen atoms in total. The number of benzene rings is 2. The van der Waals surface area contributed by atoms with Gasteiger partial charge in [-0.2, -0.15) is 0 Å². The maximum absolute atomic E-state index is 14.5. The predicted octanol–water partition coefficient (Wildman–Crippen LogP) is 4.60. The molecule has 1 aliphatic rings. The number of carbonyl (C=O) groups excluding carboxylic acids is 1. The largest absolute Gasteiger partial charge is 0.495 e. The molecule has 0 radical (unpaired) electrons. The molecule has 6 rings (SSSR count). The number of pyridine rings is 1. The number of hydrogen-bond acceptors (Lipinski definition) is 10. The van der Waals surface area contributed by atoms with Crippen molar-refractivity contribution in [2.45, 2.75) is 19.4 Å². The van der Waals surface area contributed by atoms with Crippen LogP contribution in [0.3, 0.4) is 0 Å². The van der Waals surface area contributed by atoms with Crippen LogP contribution in [-0.2, 0) is 6.42 Å². The lowest BCUT2D eigenvalue weighted by Crippen LogP contribution is -2.32. The molecule has 0 saturated carbocycles. The molecule has 0 spiro atoms. The molecule has 2 N–H and O–H groups in total. The van der Waals surface area contributed by atoms with Gasteiger partial charge in [0, 0.05) is 17.4 Å². The van der Waals surface area contributed by atoms with E-state index in [1.807, 2.05) is 6.07 Å². The van der Waals surface area contributed by atoms with Gasteiger partial charge in [0.05, 0.1) is 36.2 Å². The Morgan fingerprint density at radius 3 is 2.89 bits per heavy atom. The normalized spacial score (nSPS) is 14.6. The Balaban J connectivity index is 1.32. The molecule has 5 aromatic rings. The van der Waals surface area contributed by atoms with E-state index in [1.165, 1.54) is 36.8 Å². The summed E-state index contributed by atoms with van der Waals surface area (Å²) in [6, 6.07) is 8.19. The fourth-order valence-electron chi connectivity index (χ4n) is 4.31. The van der Waals surface area contributed by atoms with Gasteiger partial charge in [-0.05, 0) is 37.3 Å². The van der Waals surface area contributed by atoms with Gasteiger partial charge in [0.2, 0.25) is 0 Å². The third kappa shape index (κ3) is 4.39. The Morgan fingerprint density at radius 2 is 2.08 bits per heavy atom. The molecule has 3 aromatic heterocycles. The van der Waals surface area contributed by atoms with Crippen molar-refractivity contribution in [3.05, 3.63) is 60.1 Å². The van der Waals surface area contributed by atoms with Gasteiger partial charge in [0.15, 0.2) is 17.2 Å². The lowest BCUT2D eigenvalue weighted by atomic mass is 10.1. The fraction of sp³-hybridized carbons (Fsp3) is 0.192. The molecule has 192 valence electrons. The van der Waals surface area contributed by atoms with Crippen molar-refractivity contribution >= 4 is 38.5 Å². The van der Waals surface area contributed by atoms with Crippen molar-refractivity contribution < 1.29 is 28.1 Å². The van der Waals surface area contributed by atoms with E-state index in [0.717, 1.165) is 4.70 Å². The van der Waals surface area contributed by atoms with Crippen LogP contribution in [0.5, 0.6) is 23.0 Å². The minimum absolute atomic E-state index is 0.175. The summed E-state index contributed by atoms with van der Waals surface area (Å²) in [6.45, 7) is 1.96.